The molecule has 2 unspecified atom stereocenters. The summed E-state index contributed by atoms with van der Waals surface area (Å²) >= 11 is 0. The number of rotatable bonds is 4. The van der Waals surface area contributed by atoms with E-state index in [9.17, 15) is 4.39 Å². The molecule has 0 saturated heterocycles. The average molecular weight is 223 g/mol. The van der Waals surface area contributed by atoms with E-state index in [-0.39, 0.29) is 11.7 Å². The van der Waals surface area contributed by atoms with Crippen LogP contribution in [0.1, 0.15) is 36.5 Å². The van der Waals surface area contributed by atoms with Crippen LogP contribution in [-0.4, -0.2) is 13.6 Å². The summed E-state index contributed by atoms with van der Waals surface area (Å²) in [6.45, 7) is 9.09. The van der Waals surface area contributed by atoms with E-state index in [4.69, 9.17) is 0 Å². The second kappa shape index (κ2) is 5.44. The highest BCUT2D eigenvalue weighted by Crippen LogP contribution is 2.29. The zero-order valence-corrected chi connectivity index (χ0v) is 10.9. The van der Waals surface area contributed by atoms with Crippen LogP contribution in [0.15, 0.2) is 12.1 Å². The number of hydrogen-bond donors (Lipinski definition) is 1. The molecule has 90 valence electrons. The largest absolute Gasteiger partial charge is 0.319 e. The van der Waals surface area contributed by atoms with Crippen LogP contribution in [0, 0.1) is 25.6 Å². The third-order valence-corrected chi connectivity index (χ3v) is 3.32. The quantitative estimate of drug-likeness (QED) is 0.825. The lowest BCUT2D eigenvalue weighted by atomic mass is 9.85. The summed E-state index contributed by atoms with van der Waals surface area (Å²) in [4.78, 5) is 0. The van der Waals surface area contributed by atoms with Gasteiger partial charge >= 0.3 is 0 Å². The van der Waals surface area contributed by atoms with E-state index >= 15 is 0 Å². The van der Waals surface area contributed by atoms with Crippen LogP contribution in [0.4, 0.5) is 4.39 Å². The molecule has 1 aromatic carbocycles. The van der Waals surface area contributed by atoms with Gasteiger partial charge in [0.15, 0.2) is 0 Å². The van der Waals surface area contributed by atoms with Gasteiger partial charge in [-0.15, -0.1) is 0 Å². The first-order valence-corrected chi connectivity index (χ1v) is 5.88. The Bertz CT molecular complexity index is 337. The van der Waals surface area contributed by atoms with Gasteiger partial charge in [-0.3, -0.25) is 0 Å². The minimum atomic E-state index is -0.0621. The summed E-state index contributed by atoms with van der Waals surface area (Å²) in [6.07, 6.45) is 0. The molecule has 2 atom stereocenters. The summed E-state index contributed by atoms with van der Waals surface area (Å²) in [5.74, 6) is 0.613. The Kier molecular flexibility index (Phi) is 4.48. The molecular weight excluding hydrogens is 201 g/mol. The third kappa shape index (κ3) is 2.82. The van der Waals surface area contributed by atoms with Crippen molar-refractivity contribution in [2.45, 2.75) is 33.6 Å². The van der Waals surface area contributed by atoms with Gasteiger partial charge in [-0.25, -0.2) is 4.39 Å². The molecule has 1 aromatic rings. The minimum absolute atomic E-state index is 0.0621. The first kappa shape index (κ1) is 13.2. The lowest BCUT2D eigenvalue weighted by Crippen LogP contribution is -2.22. The predicted molar refractivity (Wildman–Crippen MR) is 67.4 cm³/mol. The fraction of sp³-hybridized carbons (Fsp3) is 0.571. The maximum atomic E-state index is 13.9. The van der Waals surface area contributed by atoms with Crippen molar-refractivity contribution in [3.63, 3.8) is 0 Å². The van der Waals surface area contributed by atoms with Gasteiger partial charge in [0.2, 0.25) is 0 Å². The van der Waals surface area contributed by atoms with Crippen LogP contribution in [0.25, 0.3) is 0 Å². The monoisotopic (exact) mass is 223 g/mol. The molecule has 0 heterocycles. The number of aryl methyl sites for hydroxylation is 2. The molecule has 1 N–H and O–H groups in total. The van der Waals surface area contributed by atoms with Crippen molar-refractivity contribution < 1.29 is 4.39 Å². The number of benzene rings is 1. The summed E-state index contributed by atoms with van der Waals surface area (Å²) < 4.78 is 13.9. The highest BCUT2D eigenvalue weighted by Gasteiger charge is 2.19. The molecule has 16 heavy (non-hydrogen) atoms. The van der Waals surface area contributed by atoms with E-state index in [1.165, 1.54) is 0 Å². The molecular formula is C14H22FN. The van der Waals surface area contributed by atoms with Gasteiger partial charge in [0.25, 0.3) is 0 Å². The molecule has 0 aliphatic carbocycles. The molecule has 0 aliphatic heterocycles. The van der Waals surface area contributed by atoms with Crippen LogP contribution in [0.2, 0.25) is 0 Å². The topological polar surface area (TPSA) is 12.0 Å². The lowest BCUT2D eigenvalue weighted by Gasteiger charge is -2.22. The molecule has 0 aromatic heterocycles. The Hall–Kier alpha value is -0.890. The van der Waals surface area contributed by atoms with Crippen LogP contribution in [0.5, 0.6) is 0 Å². The fourth-order valence-corrected chi connectivity index (χ4v) is 2.29. The van der Waals surface area contributed by atoms with Crippen LogP contribution < -0.4 is 5.32 Å². The Morgan fingerprint density at radius 1 is 1.25 bits per heavy atom. The molecule has 2 heteroatoms. The van der Waals surface area contributed by atoms with Crippen LogP contribution >= 0.6 is 0 Å². The van der Waals surface area contributed by atoms with Crippen LogP contribution in [0.3, 0.4) is 0 Å². The molecule has 1 nitrogen and oxygen atoms in total. The van der Waals surface area contributed by atoms with E-state index in [0.717, 1.165) is 23.2 Å². The molecule has 1 rings (SSSR count). The highest BCUT2D eigenvalue weighted by molar-refractivity contribution is 5.34. The van der Waals surface area contributed by atoms with Gasteiger partial charge < -0.3 is 5.32 Å². The van der Waals surface area contributed by atoms with Crippen molar-refractivity contribution in [1.29, 1.82) is 0 Å². The minimum Gasteiger partial charge on any atom is -0.319 e. The predicted octanol–water partition coefficient (Wildman–Crippen LogP) is 3.40. The summed E-state index contributed by atoms with van der Waals surface area (Å²) in [5, 5.41) is 3.15. The number of nitrogens with one attached hydrogen (secondary N) is 1. The summed E-state index contributed by atoms with van der Waals surface area (Å²) in [5.41, 5.74) is 2.92. The van der Waals surface area contributed by atoms with Gasteiger partial charge in [-0.2, -0.15) is 0 Å². The molecule has 0 aliphatic rings. The van der Waals surface area contributed by atoms with Gasteiger partial charge in [0, 0.05) is 0 Å². The van der Waals surface area contributed by atoms with Gasteiger partial charge in [0.1, 0.15) is 5.82 Å². The fourth-order valence-electron chi connectivity index (χ4n) is 2.29. The molecule has 0 spiro atoms. The van der Waals surface area contributed by atoms with Crippen molar-refractivity contribution in [1.82, 2.24) is 5.32 Å². The maximum absolute atomic E-state index is 13.9. The summed E-state index contributed by atoms with van der Waals surface area (Å²) in [7, 11) is 1.93. The molecule has 0 bridgehead atoms. The highest BCUT2D eigenvalue weighted by atomic mass is 19.1. The van der Waals surface area contributed by atoms with Crippen LogP contribution in [-0.2, 0) is 0 Å². The van der Waals surface area contributed by atoms with E-state index in [0.29, 0.717) is 5.92 Å². The van der Waals surface area contributed by atoms with Crippen molar-refractivity contribution in [2.75, 3.05) is 13.6 Å². The Morgan fingerprint density at radius 3 is 2.38 bits per heavy atom. The van der Waals surface area contributed by atoms with E-state index in [1.807, 2.05) is 20.9 Å². The van der Waals surface area contributed by atoms with Gasteiger partial charge in [-0.05, 0) is 62.0 Å². The van der Waals surface area contributed by atoms with Crippen molar-refractivity contribution in [2.24, 2.45) is 5.92 Å². The maximum Gasteiger partial charge on any atom is 0.127 e. The second-order valence-electron chi connectivity index (χ2n) is 4.80. The van der Waals surface area contributed by atoms with E-state index < -0.39 is 0 Å². The van der Waals surface area contributed by atoms with Crippen molar-refractivity contribution in [3.8, 4) is 0 Å². The second-order valence-corrected chi connectivity index (χ2v) is 4.80. The zero-order chi connectivity index (χ0) is 12.3. The normalized spacial score (nSPS) is 14.9. The third-order valence-electron chi connectivity index (χ3n) is 3.32. The molecule has 0 amide bonds. The SMILES string of the molecule is CNCC(C)C(C)c1c(C)cc(C)cc1F. The average Bonchev–Trinajstić information content (AvgIpc) is 2.16. The number of hydrogen-bond acceptors (Lipinski definition) is 1. The molecule has 0 radical (unpaired) electrons. The van der Waals surface area contributed by atoms with E-state index in [1.54, 1.807) is 6.07 Å². The first-order chi connectivity index (χ1) is 7.47. The zero-order valence-electron chi connectivity index (χ0n) is 10.9. The van der Waals surface area contributed by atoms with Gasteiger partial charge in [0.05, 0.1) is 0 Å². The smallest absolute Gasteiger partial charge is 0.127 e. The standard InChI is InChI=1S/C14H22FN/c1-9-6-10(2)14(13(15)7-9)12(4)11(3)8-16-5/h6-7,11-12,16H,8H2,1-5H3. The molecule has 0 saturated carbocycles. The Morgan fingerprint density at radius 2 is 1.88 bits per heavy atom. The Balaban J connectivity index is 3.03. The van der Waals surface area contributed by atoms with Gasteiger partial charge in [-0.1, -0.05) is 19.9 Å². The Labute approximate surface area is 98.1 Å². The van der Waals surface area contributed by atoms with Crippen molar-refractivity contribution in [3.05, 3.63) is 34.6 Å². The van der Waals surface area contributed by atoms with E-state index in [2.05, 4.69) is 25.2 Å². The number of halogens is 1. The molecule has 0 fully saturated rings. The lowest BCUT2D eigenvalue weighted by molar-refractivity contribution is 0.447. The first-order valence-electron chi connectivity index (χ1n) is 5.88. The van der Waals surface area contributed by atoms with Crippen molar-refractivity contribution >= 4 is 0 Å². The summed E-state index contributed by atoms with van der Waals surface area (Å²) in [6, 6.07) is 3.69.